The molecule has 29 heavy (non-hydrogen) atoms. The molecule has 0 atom stereocenters. The number of rotatable bonds is 5. The number of aromatic nitrogens is 2. The summed E-state index contributed by atoms with van der Waals surface area (Å²) < 4.78 is 1.75. The van der Waals surface area contributed by atoms with E-state index in [2.05, 4.69) is 15.7 Å². The van der Waals surface area contributed by atoms with E-state index in [1.807, 2.05) is 26.0 Å². The van der Waals surface area contributed by atoms with Crippen molar-refractivity contribution in [2.75, 3.05) is 5.32 Å². The fourth-order valence-corrected chi connectivity index (χ4v) is 3.22. The van der Waals surface area contributed by atoms with Crippen LogP contribution in [0, 0.1) is 13.8 Å². The summed E-state index contributed by atoms with van der Waals surface area (Å²) in [5.41, 5.74) is 3.85. The first kappa shape index (κ1) is 19.2. The Hall–Kier alpha value is -3.12. The molecule has 2 N–H and O–H groups in total. The number of benzene rings is 2. The number of hydrogen-bond acceptors (Lipinski definition) is 3. The lowest BCUT2D eigenvalue weighted by atomic mass is 10.1. The lowest BCUT2D eigenvalue weighted by molar-refractivity contribution is 0.0952. The fourth-order valence-electron chi connectivity index (χ4n) is 3.10. The summed E-state index contributed by atoms with van der Waals surface area (Å²) in [5.74, 6) is -0.449. The van der Waals surface area contributed by atoms with Gasteiger partial charge in [0.05, 0.1) is 33.3 Å². The molecule has 7 heteroatoms. The summed E-state index contributed by atoms with van der Waals surface area (Å²) in [7, 11) is 0. The van der Waals surface area contributed by atoms with Crippen LogP contribution in [-0.2, 0) is 0 Å². The first-order valence-corrected chi connectivity index (χ1v) is 9.85. The number of hydrogen-bond donors (Lipinski definition) is 2. The monoisotopic (exact) mass is 408 g/mol. The normalized spacial score (nSPS) is 13.2. The highest BCUT2D eigenvalue weighted by Crippen LogP contribution is 2.24. The van der Waals surface area contributed by atoms with Crippen molar-refractivity contribution in [3.8, 4) is 5.69 Å². The van der Waals surface area contributed by atoms with Gasteiger partial charge in [0.1, 0.15) is 0 Å². The highest BCUT2D eigenvalue weighted by molar-refractivity contribution is 6.31. The van der Waals surface area contributed by atoms with Gasteiger partial charge < -0.3 is 10.6 Å². The number of carbonyl (C=O) groups excluding carboxylic acids is 2. The van der Waals surface area contributed by atoms with Gasteiger partial charge in [-0.1, -0.05) is 23.7 Å². The average molecular weight is 409 g/mol. The molecule has 0 spiro atoms. The van der Waals surface area contributed by atoms with Gasteiger partial charge in [0, 0.05) is 11.6 Å². The van der Waals surface area contributed by atoms with Gasteiger partial charge in [-0.3, -0.25) is 9.59 Å². The van der Waals surface area contributed by atoms with Gasteiger partial charge >= 0.3 is 0 Å². The number of carbonyl (C=O) groups is 2. The molecular weight excluding hydrogens is 388 g/mol. The summed E-state index contributed by atoms with van der Waals surface area (Å²) >= 11 is 6.22. The summed E-state index contributed by atoms with van der Waals surface area (Å²) in [6, 6.07) is 14.3. The molecule has 1 heterocycles. The van der Waals surface area contributed by atoms with E-state index in [4.69, 9.17) is 11.6 Å². The number of aryl methyl sites for hydroxylation is 1. The highest BCUT2D eigenvalue weighted by atomic mass is 35.5. The van der Waals surface area contributed by atoms with Gasteiger partial charge in [0.2, 0.25) is 0 Å². The lowest BCUT2D eigenvalue weighted by Crippen LogP contribution is -2.27. The Balaban J connectivity index is 1.52. The minimum Gasteiger partial charge on any atom is -0.349 e. The quantitative estimate of drug-likeness (QED) is 0.661. The van der Waals surface area contributed by atoms with Gasteiger partial charge in [0.15, 0.2) is 0 Å². The standard InChI is InChI=1S/C22H21ClN4O2/c1-13-20(23)14(2)27(26-13)17-11-7-15(8-12-17)21(28)25-19-6-4-3-5-18(19)22(29)24-16-9-10-16/h3-8,11-12,16H,9-10H2,1-2H3,(H,24,29)(H,25,28). The van der Waals surface area contributed by atoms with Gasteiger partial charge in [-0.15, -0.1) is 0 Å². The summed E-state index contributed by atoms with van der Waals surface area (Å²) in [5, 5.41) is 10.8. The van der Waals surface area contributed by atoms with Crippen molar-refractivity contribution in [1.29, 1.82) is 0 Å². The Morgan fingerprint density at radius 2 is 1.72 bits per heavy atom. The maximum atomic E-state index is 12.7. The molecule has 2 amide bonds. The van der Waals surface area contributed by atoms with Crippen molar-refractivity contribution in [3.05, 3.63) is 76.1 Å². The molecule has 4 rings (SSSR count). The van der Waals surface area contributed by atoms with E-state index >= 15 is 0 Å². The molecule has 1 aliphatic rings. The number of para-hydroxylation sites is 1. The van der Waals surface area contributed by atoms with Crippen LogP contribution in [0.5, 0.6) is 0 Å². The van der Waals surface area contributed by atoms with E-state index in [0.29, 0.717) is 21.8 Å². The zero-order valence-corrected chi connectivity index (χ0v) is 17.0. The van der Waals surface area contributed by atoms with Crippen molar-refractivity contribution in [1.82, 2.24) is 15.1 Å². The van der Waals surface area contributed by atoms with Crippen LogP contribution in [0.15, 0.2) is 48.5 Å². The highest BCUT2D eigenvalue weighted by Gasteiger charge is 2.25. The SMILES string of the molecule is Cc1nn(-c2ccc(C(=O)Nc3ccccc3C(=O)NC3CC3)cc2)c(C)c1Cl. The molecule has 148 valence electrons. The Bertz CT molecular complexity index is 1080. The lowest BCUT2D eigenvalue weighted by Gasteiger charge is -2.11. The molecular formula is C22H21ClN4O2. The molecule has 0 aliphatic heterocycles. The molecule has 3 aromatic rings. The summed E-state index contributed by atoms with van der Waals surface area (Å²) in [6.45, 7) is 3.75. The molecule has 2 aromatic carbocycles. The number of amides is 2. The third-order valence-corrected chi connectivity index (χ3v) is 5.46. The van der Waals surface area contributed by atoms with E-state index in [0.717, 1.165) is 29.9 Å². The summed E-state index contributed by atoms with van der Waals surface area (Å²) in [4.78, 5) is 25.1. The molecule has 0 radical (unpaired) electrons. The van der Waals surface area contributed by atoms with Crippen LogP contribution >= 0.6 is 11.6 Å². The molecule has 1 aromatic heterocycles. The number of nitrogens with zero attached hydrogens (tertiary/aromatic N) is 2. The molecule has 0 unspecified atom stereocenters. The van der Waals surface area contributed by atoms with E-state index < -0.39 is 0 Å². The Morgan fingerprint density at radius 3 is 2.34 bits per heavy atom. The second kappa shape index (κ2) is 7.72. The maximum Gasteiger partial charge on any atom is 0.255 e. The van der Waals surface area contributed by atoms with Crippen molar-refractivity contribution < 1.29 is 9.59 Å². The van der Waals surface area contributed by atoms with Crippen LogP contribution in [0.1, 0.15) is 44.9 Å². The van der Waals surface area contributed by atoms with Crippen LogP contribution in [0.3, 0.4) is 0 Å². The largest absolute Gasteiger partial charge is 0.349 e. The van der Waals surface area contributed by atoms with Gasteiger partial charge in [-0.05, 0) is 63.1 Å². The van der Waals surface area contributed by atoms with Gasteiger partial charge in [-0.2, -0.15) is 5.10 Å². The van der Waals surface area contributed by atoms with Crippen LogP contribution in [0.4, 0.5) is 5.69 Å². The Morgan fingerprint density at radius 1 is 1.03 bits per heavy atom. The van der Waals surface area contributed by atoms with Gasteiger partial charge in [0.25, 0.3) is 11.8 Å². The van der Waals surface area contributed by atoms with E-state index in [-0.39, 0.29) is 17.9 Å². The smallest absolute Gasteiger partial charge is 0.255 e. The molecule has 1 saturated carbocycles. The van der Waals surface area contributed by atoms with Gasteiger partial charge in [-0.25, -0.2) is 4.68 Å². The van der Waals surface area contributed by atoms with Crippen LogP contribution in [-0.4, -0.2) is 27.6 Å². The third kappa shape index (κ3) is 4.03. The number of halogens is 1. The molecule has 1 aliphatic carbocycles. The van der Waals surface area contributed by atoms with Crippen molar-refractivity contribution >= 4 is 29.1 Å². The minimum absolute atomic E-state index is 0.167. The second-order valence-corrected chi connectivity index (χ2v) is 7.57. The van der Waals surface area contributed by atoms with Crippen molar-refractivity contribution in [3.63, 3.8) is 0 Å². The van der Waals surface area contributed by atoms with Crippen LogP contribution in [0.2, 0.25) is 5.02 Å². The fraction of sp³-hybridized carbons (Fsp3) is 0.227. The minimum atomic E-state index is -0.283. The van der Waals surface area contributed by atoms with Crippen LogP contribution in [0.25, 0.3) is 5.69 Å². The average Bonchev–Trinajstić information content (AvgIpc) is 3.50. The third-order valence-electron chi connectivity index (χ3n) is 4.91. The van der Waals surface area contributed by atoms with Crippen LogP contribution < -0.4 is 10.6 Å². The Labute approximate surface area is 173 Å². The predicted molar refractivity (Wildman–Crippen MR) is 113 cm³/mol. The molecule has 6 nitrogen and oxygen atoms in total. The first-order chi connectivity index (χ1) is 13.9. The molecule has 0 saturated heterocycles. The number of nitrogens with one attached hydrogen (secondary N) is 2. The maximum absolute atomic E-state index is 12.7. The zero-order chi connectivity index (χ0) is 20.5. The van der Waals surface area contributed by atoms with Crippen molar-refractivity contribution in [2.24, 2.45) is 0 Å². The van der Waals surface area contributed by atoms with E-state index in [9.17, 15) is 9.59 Å². The van der Waals surface area contributed by atoms with Crippen molar-refractivity contribution in [2.45, 2.75) is 32.7 Å². The van der Waals surface area contributed by atoms with E-state index in [1.165, 1.54) is 0 Å². The zero-order valence-electron chi connectivity index (χ0n) is 16.2. The number of anilines is 1. The summed E-state index contributed by atoms with van der Waals surface area (Å²) in [6.07, 6.45) is 2.01. The molecule has 0 bridgehead atoms. The first-order valence-electron chi connectivity index (χ1n) is 9.47. The Kier molecular flexibility index (Phi) is 5.11. The second-order valence-electron chi connectivity index (χ2n) is 7.19. The molecule has 1 fully saturated rings. The topological polar surface area (TPSA) is 76.0 Å². The van der Waals surface area contributed by atoms with E-state index in [1.54, 1.807) is 41.1 Å². The predicted octanol–water partition coefficient (Wildman–Crippen LogP) is 4.29.